The Labute approximate surface area is 251 Å². The van der Waals surface area contributed by atoms with Crippen LogP contribution < -0.4 is 24.8 Å². The van der Waals surface area contributed by atoms with Crippen LogP contribution >= 0.6 is 0 Å². The fourth-order valence-corrected chi connectivity index (χ4v) is 4.58. The summed E-state index contributed by atoms with van der Waals surface area (Å²) in [5, 5.41) is 5.48. The summed E-state index contributed by atoms with van der Waals surface area (Å²) in [5.74, 6) is 0. The predicted molar refractivity (Wildman–Crippen MR) is 152 cm³/mol. The monoisotopic (exact) mass is 696 g/mol. The summed E-state index contributed by atoms with van der Waals surface area (Å²) in [6.07, 6.45) is 10.0. The van der Waals surface area contributed by atoms with Crippen molar-refractivity contribution in [3.05, 3.63) is 114 Å². The number of rotatable bonds is 1. The standard InChI is InChI=1S/C21H25.C8H8.C5H5.2ClH.Hf/c1-20(2,3)16-7-9-18-14(12-16)11-15-13-17(21(4,5)6)8-10-19(15)18;1-2-8-6-4-3-5-7-8;1-2-4-5-3-1;;;/h7-13H,1-6H3;3-7H,1H3;1-3H,4H2;2*1H;/q-1;;-1;;;+2/p-2. The summed E-state index contributed by atoms with van der Waals surface area (Å²) in [6, 6.07) is 26.7. The van der Waals surface area contributed by atoms with E-state index in [1.807, 2.05) is 18.2 Å². The van der Waals surface area contributed by atoms with E-state index in [9.17, 15) is 0 Å². The van der Waals surface area contributed by atoms with Crippen molar-refractivity contribution < 1.29 is 48.7 Å². The van der Waals surface area contributed by atoms with Crippen molar-refractivity contribution in [2.24, 2.45) is 0 Å². The van der Waals surface area contributed by atoms with Gasteiger partial charge < -0.3 is 24.8 Å². The molecule has 194 valence electrons. The third-order valence-corrected chi connectivity index (χ3v) is 7.27. The Bertz CT molecular complexity index is 1270. The summed E-state index contributed by atoms with van der Waals surface area (Å²) >= 11 is 1.17. The molecule has 0 bridgehead atoms. The van der Waals surface area contributed by atoms with Crippen LogP contribution in [0.3, 0.4) is 0 Å². The first-order valence-corrected chi connectivity index (χ1v) is 14.2. The summed E-state index contributed by atoms with van der Waals surface area (Å²) in [7, 11) is 0. The molecule has 0 N–H and O–H groups in total. The minimum Gasteiger partial charge on any atom is -1.00 e. The van der Waals surface area contributed by atoms with Gasteiger partial charge in [0.2, 0.25) is 0 Å². The Morgan fingerprint density at radius 3 is 1.54 bits per heavy atom. The van der Waals surface area contributed by atoms with Crippen molar-refractivity contribution in [3.63, 3.8) is 0 Å². The van der Waals surface area contributed by atoms with E-state index in [1.54, 1.807) is 0 Å². The number of hydrogen-bond acceptors (Lipinski definition) is 0. The molecule has 1 aliphatic rings. The number of fused-ring (bicyclic) bond motifs is 3. The molecule has 0 nitrogen and oxygen atoms in total. The van der Waals surface area contributed by atoms with E-state index >= 15 is 0 Å². The molecule has 0 atom stereocenters. The third kappa shape index (κ3) is 9.54. The Morgan fingerprint density at radius 1 is 0.757 bits per heavy atom. The molecular weight excluding hydrogens is 658 g/mol. The molecule has 0 fully saturated rings. The summed E-state index contributed by atoms with van der Waals surface area (Å²) in [5.41, 5.74) is 4.61. The summed E-state index contributed by atoms with van der Waals surface area (Å²) < 4.78 is 1.51. The van der Waals surface area contributed by atoms with Crippen LogP contribution in [0.2, 0.25) is 0 Å². The van der Waals surface area contributed by atoms with Gasteiger partial charge in [0.15, 0.2) is 0 Å². The average molecular weight is 696 g/mol. The minimum absolute atomic E-state index is 0. The van der Waals surface area contributed by atoms with E-state index in [0.29, 0.717) is 0 Å². The molecule has 4 aromatic carbocycles. The smallest absolute Gasteiger partial charge is 0.109 e. The number of allylic oxidation sites excluding steroid dienone is 4. The molecule has 0 unspecified atom stereocenters. The third-order valence-electron chi connectivity index (χ3n) is 6.23. The van der Waals surface area contributed by atoms with Gasteiger partial charge in [-0.3, -0.25) is 6.08 Å². The maximum atomic E-state index is 2.99. The molecule has 5 rings (SSSR count). The van der Waals surface area contributed by atoms with E-state index in [0.717, 1.165) is 6.42 Å². The van der Waals surface area contributed by atoms with Crippen molar-refractivity contribution in [3.8, 4) is 0 Å². The fraction of sp³-hybridized carbons (Fsp3) is 0.294. The van der Waals surface area contributed by atoms with Gasteiger partial charge in [-0.1, -0.05) is 76.9 Å². The van der Waals surface area contributed by atoms with E-state index in [4.69, 9.17) is 0 Å². The first-order chi connectivity index (χ1) is 16.5. The first kappa shape index (κ1) is 33.4. The maximum absolute atomic E-state index is 2.99. The van der Waals surface area contributed by atoms with Gasteiger partial charge >= 0.3 is 70.0 Å². The molecule has 0 amide bonds. The second-order valence-electron chi connectivity index (χ2n) is 11.2. The molecule has 0 heterocycles. The van der Waals surface area contributed by atoms with Crippen LogP contribution in [0.4, 0.5) is 0 Å². The zero-order valence-electron chi connectivity index (χ0n) is 23.1. The molecule has 4 aromatic rings. The quantitative estimate of drug-likeness (QED) is 0.212. The van der Waals surface area contributed by atoms with Crippen LogP contribution in [0, 0.1) is 6.08 Å². The van der Waals surface area contributed by atoms with Gasteiger partial charge in [-0.25, -0.2) is 12.2 Å². The maximum Gasteiger partial charge on any atom is -0.109 e. The molecule has 0 spiro atoms. The van der Waals surface area contributed by atoms with E-state index in [1.165, 1.54) is 65.4 Å². The minimum atomic E-state index is 0. The van der Waals surface area contributed by atoms with Gasteiger partial charge in [0, 0.05) is 0 Å². The molecule has 1 aliphatic carbocycles. The van der Waals surface area contributed by atoms with Crippen molar-refractivity contribution in [1.29, 1.82) is 0 Å². The van der Waals surface area contributed by atoms with Crippen LogP contribution in [0.5, 0.6) is 0 Å². The molecule has 0 saturated carbocycles. The second kappa shape index (κ2) is 14.5. The van der Waals surface area contributed by atoms with E-state index in [-0.39, 0.29) is 35.6 Å². The predicted octanol–water partition coefficient (Wildman–Crippen LogP) is 3.39. The Hall–Kier alpha value is -1.67. The van der Waals surface area contributed by atoms with Crippen LogP contribution in [0.15, 0.2) is 91.0 Å². The van der Waals surface area contributed by atoms with Gasteiger partial charge in [0.25, 0.3) is 0 Å². The van der Waals surface area contributed by atoms with Crippen LogP contribution in [-0.2, 0) is 34.7 Å². The zero-order chi connectivity index (χ0) is 25.6. The topological polar surface area (TPSA) is 0 Å². The van der Waals surface area contributed by atoms with Gasteiger partial charge in [-0.15, -0.1) is 46.2 Å². The Morgan fingerprint density at radius 2 is 1.24 bits per heavy atom. The molecule has 0 aliphatic heterocycles. The molecule has 37 heavy (non-hydrogen) atoms. The number of halogens is 2. The van der Waals surface area contributed by atoms with Gasteiger partial charge in [0.05, 0.1) is 0 Å². The Kier molecular flexibility index (Phi) is 13.0. The van der Waals surface area contributed by atoms with Gasteiger partial charge in [0.1, 0.15) is 0 Å². The molecular formula is C34H38Cl2Hf-2. The molecule has 3 heteroatoms. The SMILES string of the molecule is CC(C)(C)c1ccc2c(c1)[cH-]c1cc(C(C)(C)C)ccc12.C[C](=[Hf+2])c1ccccc1.[C-]1=CC=CC1.[Cl-].[Cl-]. The second-order valence-corrected chi connectivity index (χ2v) is 13.9. The first-order valence-electron chi connectivity index (χ1n) is 12.4. The molecule has 0 aromatic heterocycles. The summed E-state index contributed by atoms with van der Waals surface area (Å²) in [6.45, 7) is 15.8. The normalized spacial score (nSPS) is 12.1. The molecule has 0 radical (unpaired) electrons. The zero-order valence-corrected chi connectivity index (χ0v) is 28.2. The van der Waals surface area contributed by atoms with E-state index < -0.39 is 0 Å². The fourth-order valence-electron chi connectivity index (χ4n) is 3.98. The van der Waals surface area contributed by atoms with Crippen molar-refractivity contribution >= 4 is 24.8 Å². The summed E-state index contributed by atoms with van der Waals surface area (Å²) in [4.78, 5) is 0. The van der Waals surface area contributed by atoms with Crippen molar-refractivity contribution in [2.45, 2.75) is 65.7 Å². The largest absolute Gasteiger partial charge is 1.00 e. The average Bonchev–Trinajstić information content (AvgIpc) is 3.49. The number of benzene rings is 3. The van der Waals surface area contributed by atoms with Crippen LogP contribution in [-0.4, -0.2) is 3.26 Å². The molecule has 0 saturated heterocycles. The van der Waals surface area contributed by atoms with Gasteiger partial charge in [-0.05, 0) is 10.8 Å². The van der Waals surface area contributed by atoms with Gasteiger partial charge in [-0.2, -0.15) is 6.08 Å². The van der Waals surface area contributed by atoms with Crippen LogP contribution in [0.1, 0.15) is 71.6 Å². The Balaban J connectivity index is 0.000000354. The number of hydrogen-bond donors (Lipinski definition) is 0. The van der Waals surface area contributed by atoms with Crippen molar-refractivity contribution in [1.82, 2.24) is 0 Å². The van der Waals surface area contributed by atoms with E-state index in [2.05, 4.69) is 127 Å². The van der Waals surface area contributed by atoms with Crippen LogP contribution in [0.25, 0.3) is 21.5 Å². The van der Waals surface area contributed by atoms with Crippen molar-refractivity contribution in [2.75, 3.05) is 0 Å².